The van der Waals surface area contributed by atoms with E-state index in [2.05, 4.69) is 28.0 Å². The van der Waals surface area contributed by atoms with Crippen molar-refractivity contribution in [2.24, 2.45) is 0 Å². The van der Waals surface area contributed by atoms with Gasteiger partial charge in [0.05, 0.1) is 17.8 Å². The summed E-state index contributed by atoms with van der Waals surface area (Å²) in [7, 11) is 1.68. The molecule has 0 aromatic heterocycles. The van der Waals surface area contributed by atoms with Gasteiger partial charge in [0.1, 0.15) is 17.6 Å². The van der Waals surface area contributed by atoms with E-state index in [4.69, 9.17) is 32.7 Å². The molecule has 3 aromatic carbocycles. The Morgan fingerprint density at radius 2 is 1.47 bits per heavy atom. The molecule has 0 saturated carbocycles. The van der Waals surface area contributed by atoms with Crippen molar-refractivity contribution in [3.05, 3.63) is 88.4 Å². The molecule has 0 amide bonds. The topological polar surface area (TPSA) is 24.9 Å². The fraction of sp³-hybridized carbons (Fsp3) is 0.308. The lowest BCUT2D eigenvalue weighted by Gasteiger charge is -2.37. The summed E-state index contributed by atoms with van der Waals surface area (Å²) in [5.41, 5.74) is 2.26. The zero-order chi connectivity index (χ0) is 22.3. The first-order chi connectivity index (χ1) is 15.6. The van der Waals surface area contributed by atoms with E-state index in [1.807, 2.05) is 54.6 Å². The summed E-state index contributed by atoms with van der Waals surface area (Å²) >= 11 is 12.4. The average molecular weight is 471 g/mol. The van der Waals surface area contributed by atoms with Crippen LogP contribution in [0, 0.1) is 0 Å². The second kappa shape index (κ2) is 11.0. The van der Waals surface area contributed by atoms with Crippen LogP contribution in [0.1, 0.15) is 18.1 Å². The molecule has 0 bridgehead atoms. The number of anilines is 1. The highest BCUT2D eigenvalue weighted by Crippen LogP contribution is 2.29. The largest absolute Gasteiger partial charge is 0.497 e. The van der Waals surface area contributed by atoms with Crippen molar-refractivity contribution in [3.63, 3.8) is 0 Å². The summed E-state index contributed by atoms with van der Waals surface area (Å²) in [6.45, 7) is 4.90. The highest BCUT2D eigenvalue weighted by atomic mass is 35.5. The van der Waals surface area contributed by atoms with Crippen LogP contribution in [-0.2, 0) is 0 Å². The number of hydrogen-bond acceptors (Lipinski definition) is 4. The van der Waals surface area contributed by atoms with Gasteiger partial charge in [0.25, 0.3) is 0 Å². The lowest BCUT2D eigenvalue weighted by molar-refractivity contribution is 0.160. The van der Waals surface area contributed by atoms with Gasteiger partial charge in [-0.05, 0) is 54.1 Å². The number of methoxy groups -OCH3 is 1. The van der Waals surface area contributed by atoms with Crippen molar-refractivity contribution < 1.29 is 9.47 Å². The molecule has 4 rings (SSSR count). The number of ether oxygens (including phenoxy) is 2. The Bertz CT molecular complexity index is 987. The minimum absolute atomic E-state index is 0.0521. The third-order valence-corrected chi connectivity index (χ3v) is 6.42. The molecule has 1 unspecified atom stereocenters. The smallest absolute Gasteiger partial charge is 0.125 e. The first-order valence-corrected chi connectivity index (χ1v) is 11.7. The van der Waals surface area contributed by atoms with Crippen molar-refractivity contribution >= 4 is 28.9 Å². The molecule has 1 aliphatic rings. The lowest BCUT2D eigenvalue weighted by atomic mass is 10.1. The molecule has 0 aliphatic carbocycles. The SMILES string of the molecule is COc1ccc(C(CCN2CCN(c3ccccc3Cl)CC2)Oc2ccc(Cl)cc2)cc1. The second-order valence-electron chi connectivity index (χ2n) is 7.90. The summed E-state index contributed by atoms with van der Waals surface area (Å²) in [5, 5.41) is 1.52. The molecule has 168 valence electrons. The van der Waals surface area contributed by atoms with E-state index in [0.29, 0.717) is 5.02 Å². The van der Waals surface area contributed by atoms with Gasteiger partial charge in [-0.2, -0.15) is 0 Å². The van der Waals surface area contributed by atoms with Crippen molar-refractivity contribution in [1.82, 2.24) is 4.90 Å². The Morgan fingerprint density at radius 3 is 2.12 bits per heavy atom. The summed E-state index contributed by atoms with van der Waals surface area (Å²) in [6, 6.07) is 23.7. The molecule has 1 atom stereocenters. The summed E-state index contributed by atoms with van der Waals surface area (Å²) in [4.78, 5) is 4.86. The number of hydrogen-bond donors (Lipinski definition) is 0. The Kier molecular flexibility index (Phi) is 7.80. The number of piperazine rings is 1. The monoisotopic (exact) mass is 470 g/mol. The maximum absolute atomic E-state index is 6.38. The molecule has 4 nitrogen and oxygen atoms in total. The lowest BCUT2D eigenvalue weighted by Crippen LogP contribution is -2.47. The van der Waals surface area contributed by atoms with Gasteiger partial charge in [0, 0.05) is 44.2 Å². The molecule has 1 aliphatic heterocycles. The molecule has 1 fully saturated rings. The quantitative estimate of drug-likeness (QED) is 0.383. The summed E-state index contributed by atoms with van der Waals surface area (Å²) < 4.78 is 11.7. The van der Waals surface area contributed by atoms with Crippen LogP contribution < -0.4 is 14.4 Å². The molecule has 3 aromatic rings. The number of nitrogens with zero attached hydrogens (tertiary/aromatic N) is 2. The van der Waals surface area contributed by atoms with Gasteiger partial charge in [-0.25, -0.2) is 0 Å². The van der Waals surface area contributed by atoms with Gasteiger partial charge < -0.3 is 14.4 Å². The van der Waals surface area contributed by atoms with Crippen molar-refractivity contribution in [1.29, 1.82) is 0 Å². The van der Waals surface area contributed by atoms with Crippen molar-refractivity contribution in [2.75, 3.05) is 44.7 Å². The molecule has 1 saturated heterocycles. The third kappa shape index (κ3) is 5.89. The van der Waals surface area contributed by atoms with Crippen LogP contribution in [0.3, 0.4) is 0 Å². The third-order valence-electron chi connectivity index (χ3n) is 5.85. The Hall–Kier alpha value is -2.40. The van der Waals surface area contributed by atoms with Crippen molar-refractivity contribution in [2.45, 2.75) is 12.5 Å². The zero-order valence-electron chi connectivity index (χ0n) is 18.2. The normalized spacial score (nSPS) is 15.4. The van der Waals surface area contributed by atoms with E-state index in [0.717, 1.165) is 66.9 Å². The van der Waals surface area contributed by atoms with Crippen LogP contribution in [0.15, 0.2) is 72.8 Å². The first kappa shape index (κ1) is 22.8. The van der Waals surface area contributed by atoms with Gasteiger partial charge in [-0.3, -0.25) is 4.90 Å². The Balaban J connectivity index is 1.38. The van der Waals surface area contributed by atoms with Crippen LogP contribution >= 0.6 is 23.2 Å². The Labute approximate surface area is 200 Å². The summed E-state index contributed by atoms with van der Waals surface area (Å²) in [5.74, 6) is 1.66. The standard InChI is InChI=1S/C26H28Cl2N2O2/c1-31-22-10-6-20(7-11-22)26(32-23-12-8-21(27)9-13-23)14-15-29-16-18-30(19-17-29)25-5-3-2-4-24(25)28/h2-13,26H,14-19H2,1H3. The molecule has 6 heteroatoms. The molecule has 1 heterocycles. The van der Waals surface area contributed by atoms with E-state index in [1.165, 1.54) is 0 Å². The van der Waals surface area contributed by atoms with Crippen LogP contribution in [0.2, 0.25) is 10.0 Å². The number of rotatable bonds is 8. The first-order valence-electron chi connectivity index (χ1n) is 10.9. The van der Waals surface area contributed by atoms with E-state index in [-0.39, 0.29) is 6.10 Å². The predicted molar refractivity (Wildman–Crippen MR) is 133 cm³/mol. The van der Waals surface area contributed by atoms with E-state index in [9.17, 15) is 0 Å². The number of para-hydroxylation sites is 1. The highest BCUT2D eigenvalue weighted by Gasteiger charge is 2.21. The fourth-order valence-corrected chi connectivity index (χ4v) is 4.39. The van der Waals surface area contributed by atoms with Crippen LogP contribution in [0.5, 0.6) is 11.5 Å². The van der Waals surface area contributed by atoms with E-state index < -0.39 is 0 Å². The molecular weight excluding hydrogens is 443 g/mol. The van der Waals surface area contributed by atoms with Gasteiger partial charge in [0.15, 0.2) is 0 Å². The van der Waals surface area contributed by atoms with E-state index in [1.54, 1.807) is 7.11 Å². The number of halogens is 2. The van der Waals surface area contributed by atoms with Crippen molar-refractivity contribution in [3.8, 4) is 11.5 Å². The molecule has 0 radical (unpaired) electrons. The minimum Gasteiger partial charge on any atom is -0.497 e. The van der Waals surface area contributed by atoms with Crippen LogP contribution in [0.25, 0.3) is 0 Å². The number of benzene rings is 3. The van der Waals surface area contributed by atoms with Gasteiger partial charge in [-0.15, -0.1) is 0 Å². The Morgan fingerprint density at radius 1 is 0.812 bits per heavy atom. The van der Waals surface area contributed by atoms with Gasteiger partial charge in [-0.1, -0.05) is 47.5 Å². The fourth-order valence-electron chi connectivity index (χ4n) is 4.01. The predicted octanol–water partition coefficient (Wildman–Crippen LogP) is 6.33. The minimum atomic E-state index is -0.0521. The average Bonchev–Trinajstić information content (AvgIpc) is 2.84. The van der Waals surface area contributed by atoms with Gasteiger partial charge in [0.2, 0.25) is 0 Å². The summed E-state index contributed by atoms with van der Waals surface area (Å²) in [6.07, 6.45) is 0.838. The molecule has 0 spiro atoms. The zero-order valence-corrected chi connectivity index (χ0v) is 19.7. The molecular formula is C26H28Cl2N2O2. The second-order valence-corrected chi connectivity index (χ2v) is 8.75. The van der Waals surface area contributed by atoms with E-state index >= 15 is 0 Å². The highest BCUT2D eigenvalue weighted by molar-refractivity contribution is 6.33. The molecule has 0 N–H and O–H groups in total. The van der Waals surface area contributed by atoms with Crippen LogP contribution in [0.4, 0.5) is 5.69 Å². The van der Waals surface area contributed by atoms with Gasteiger partial charge >= 0.3 is 0 Å². The maximum Gasteiger partial charge on any atom is 0.125 e. The van der Waals surface area contributed by atoms with Crippen LogP contribution in [-0.4, -0.2) is 44.7 Å². The molecule has 32 heavy (non-hydrogen) atoms. The maximum atomic E-state index is 6.38.